The molecule has 0 aromatic carbocycles. The van der Waals surface area contributed by atoms with Gasteiger partial charge in [-0.25, -0.2) is 0 Å². The predicted molar refractivity (Wildman–Crippen MR) is 55.5 cm³/mol. The Balaban J connectivity index is 2.53. The average molecular weight is 178 g/mol. The van der Waals surface area contributed by atoms with Crippen LogP contribution in [0.3, 0.4) is 0 Å². The lowest BCUT2D eigenvalue weighted by molar-refractivity contribution is 0.462. The van der Waals surface area contributed by atoms with Gasteiger partial charge in [0.1, 0.15) is 0 Å². The van der Waals surface area contributed by atoms with Gasteiger partial charge in [-0.1, -0.05) is 13.0 Å². The van der Waals surface area contributed by atoms with Crippen LogP contribution < -0.4 is 5.32 Å². The second-order valence-electron chi connectivity index (χ2n) is 3.45. The molecule has 0 fully saturated rings. The predicted octanol–water partition coefficient (Wildman–Crippen LogP) is 2.53. The summed E-state index contributed by atoms with van der Waals surface area (Å²) in [5, 5.41) is 3.48. The molecule has 1 heterocycles. The van der Waals surface area contributed by atoms with Gasteiger partial charge in [-0.3, -0.25) is 4.98 Å². The summed E-state index contributed by atoms with van der Waals surface area (Å²) in [6.45, 7) is 6.52. The van der Waals surface area contributed by atoms with Crippen molar-refractivity contribution in [1.29, 1.82) is 0 Å². The summed E-state index contributed by atoms with van der Waals surface area (Å²) < 4.78 is 0. The molecule has 13 heavy (non-hydrogen) atoms. The third-order valence-electron chi connectivity index (χ3n) is 2.28. The summed E-state index contributed by atoms with van der Waals surface area (Å²) in [4.78, 5) is 4.30. The van der Waals surface area contributed by atoms with Crippen molar-refractivity contribution in [2.45, 2.75) is 39.3 Å². The molecule has 2 nitrogen and oxygen atoms in total. The molecule has 0 aliphatic rings. The minimum atomic E-state index is 0.344. The Kier molecular flexibility index (Phi) is 3.90. The fraction of sp³-hybridized carbons (Fsp3) is 0.545. The Morgan fingerprint density at radius 2 is 2.15 bits per heavy atom. The topological polar surface area (TPSA) is 24.9 Å². The molecule has 1 aromatic heterocycles. The molecular weight excluding hydrogens is 160 g/mol. The Morgan fingerprint density at radius 3 is 2.69 bits per heavy atom. The second kappa shape index (κ2) is 4.97. The summed E-state index contributed by atoms with van der Waals surface area (Å²) in [5.74, 6) is 0. The zero-order chi connectivity index (χ0) is 9.68. The molecule has 0 spiro atoms. The molecule has 0 bridgehead atoms. The van der Waals surface area contributed by atoms with Crippen LogP contribution in [0, 0.1) is 0 Å². The van der Waals surface area contributed by atoms with Crippen LogP contribution in [-0.2, 0) is 0 Å². The Hall–Kier alpha value is -0.890. The normalized spacial score (nSPS) is 15.3. The zero-order valence-electron chi connectivity index (χ0n) is 8.62. The smallest absolute Gasteiger partial charge is 0.0570 e. The number of hydrogen-bond acceptors (Lipinski definition) is 2. The van der Waals surface area contributed by atoms with Gasteiger partial charge in [-0.2, -0.15) is 0 Å². The molecule has 1 N–H and O–H groups in total. The van der Waals surface area contributed by atoms with E-state index in [4.69, 9.17) is 0 Å². The summed E-state index contributed by atoms with van der Waals surface area (Å²) in [7, 11) is 0. The highest BCUT2D eigenvalue weighted by Gasteiger charge is 2.07. The minimum absolute atomic E-state index is 0.344. The molecule has 1 aromatic rings. The molecule has 0 aliphatic heterocycles. The highest BCUT2D eigenvalue weighted by atomic mass is 15.0. The first-order chi connectivity index (χ1) is 6.24. The first-order valence-electron chi connectivity index (χ1n) is 4.91. The van der Waals surface area contributed by atoms with Gasteiger partial charge in [0.2, 0.25) is 0 Å². The lowest BCUT2D eigenvalue weighted by atomic mass is 10.1. The van der Waals surface area contributed by atoms with Crippen LogP contribution in [-0.4, -0.2) is 11.0 Å². The van der Waals surface area contributed by atoms with Crippen molar-refractivity contribution in [1.82, 2.24) is 10.3 Å². The van der Waals surface area contributed by atoms with Crippen molar-refractivity contribution in [3.05, 3.63) is 30.1 Å². The largest absolute Gasteiger partial charge is 0.306 e. The van der Waals surface area contributed by atoms with Crippen LogP contribution in [0.25, 0.3) is 0 Å². The van der Waals surface area contributed by atoms with E-state index in [9.17, 15) is 0 Å². The molecule has 0 saturated heterocycles. The molecule has 1 unspecified atom stereocenters. The molecule has 0 saturated carbocycles. The summed E-state index contributed by atoms with van der Waals surface area (Å²) >= 11 is 0. The number of nitrogens with zero attached hydrogens (tertiary/aromatic N) is 1. The van der Waals surface area contributed by atoms with Crippen LogP contribution in [0.4, 0.5) is 0 Å². The van der Waals surface area contributed by atoms with Gasteiger partial charge >= 0.3 is 0 Å². The number of rotatable bonds is 4. The summed E-state index contributed by atoms with van der Waals surface area (Å²) in [6, 6.07) is 6.92. The Bertz CT molecular complexity index is 233. The van der Waals surface area contributed by atoms with Crippen molar-refractivity contribution >= 4 is 0 Å². The number of nitrogens with one attached hydrogen (secondary N) is 1. The van der Waals surface area contributed by atoms with Crippen LogP contribution in [0.5, 0.6) is 0 Å². The van der Waals surface area contributed by atoms with Gasteiger partial charge in [0.15, 0.2) is 0 Å². The maximum absolute atomic E-state index is 4.30. The van der Waals surface area contributed by atoms with Crippen molar-refractivity contribution in [2.24, 2.45) is 0 Å². The second-order valence-corrected chi connectivity index (χ2v) is 3.45. The molecule has 0 amide bonds. The van der Waals surface area contributed by atoms with Gasteiger partial charge in [0.05, 0.1) is 5.69 Å². The monoisotopic (exact) mass is 178 g/mol. The van der Waals surface area contributed by atoms with E-state index in [1.165, 1.54) is 0 Å². The van der Waals surface area contributed by atoms with Crippen molar-refractivity contribution in [2.75, 3.05) is 0 Å². The SMILES string of the molecule is CCC(C)N[C@H](C)c1ccccn1. The van der Waals surface area contributed by atoms with Crippen LogP contribution in [0.1, 0.15) is 38.9 Å². The summed E-state index contributed by atoms with van der Waals surface area (Å²) in [6.07, 6.45) is 2.99. The fourth-order valence-electron chi connectivity index (χ4n) is 1.26. The van der Waals surface area contributed by atoms with Crippen molar-refractivity contribution in [3.63, 3.8) is 0 Å². The molecule has 0 aliphatic carbocycles. The molecular formula is C11H18N2. The van der Waals surface area contributed by atoms with Crippen molar-refractivity contribution in [3.8, 4) is 0 Å². The fourth-order valence-corrected chi connectivity index (χ4v) is 1.26. The average Bonchev–Trinajstić information content (AvgIpc) is 2.19. The van der Waals surface area contributed by atoms with Crippen LogP contribution >= 0.6 is 0 Å². The zero-order valence-corrected chi connectivity index (χ0v) is 8.62. The first-order valence-corrected chi connectivity index (χ1v) is 4.91. The van der Waals surface area contributed by atoms with E-state index in [-0.39, 0.29) is 0 Å². The first kappa shape index (κ1) is 10.2. The molecule has 2 atom stereocenters. The standard InChI is InChI=1S/C11H18N2/c1-4-9(2)13-10(3)11-7-5-6-8-12-11/h5-10,13H,4H2,1-3H3/t9?,10-/m1/s1. The minimum Gasteiger partial charge on any atom is -0.306 e. The van der Waals surface area contributed by atoms with Gasteiger partial charge < -0.3 is 5.32 Å². The third kappa shape index (κ3) is 3.15. The number of hydrogen-bond donors (Lipinski definition) is 1. The van der Waals surface area contributed by atoms with E-state index in [2.05, 4.69) is 37.1 Å². The highest BCUT2D eigenvalue weighted by molar-refractivity contribution is 5.07. The maximum Gasteiger partial charge on any atom is 0.0570 e. The molecule has 72 valence electrons. The van der Waals surface area contributed by atoms with E-state index in [0.29, 0.717) is 12.1 Å². The third-order valence-corrected chi connectivity index (χ3v) is 2.28. The van der Waals surface area contributed by atoms with Gasteiger partial charge in [0, 0.05) is 18.3 Å². The molecule has 1 rings (SSSR count). The van der Waals surface area contributed by atoms with Crippen molar-refractivity contribution < 1.29 is 0 Å². The van der Waals surface area contributed by atoms with Gasteiger partial charge in [-0.05, 0) is 32.4 Å². The van der Waals surface area contributed by atoms with Crippen LogP contribution in [0.15, 0.2) is 24.4 Å². The lowest BCUT2D eigenvalue weighted by Gasteiger charge is -2.17. The molecule has 2 heteroatoms. The highest BCUT2D eigenvalue weighted by Crippen LogP contribution is 2.09. The van der Waals surface area contributed by atoms with E-state index in [1.807, 2.05) is 18.3 Å². The Labute approximate surface area is 80.4 Å². The summed E-state index contributed by atoms with van der Waals surface area (Å²) in [5.41, 5.74) is 1.11. The van der Waals surface area contributed by atoms with E-state index >= 15 is 0 Å². The maximum atomic E-state index is 4.30. The van der Waals surface area contributed by atoms with E-state index in [0.717, 1.165) is 12.1 Å². The van der Waals surface area contributed by atoms with Crippen LogP contribution in [0.2, 0.25) is 0 Å². The van der Waals surface area contributed by atoms with Gasteiger partial charge in [0.25, 0.3) is 0 Å². The molecule has 0 radical (unpaired) electrons. The van der Waals surface area contributed by atoms with Gasteiger partial charge in [-0.15, -0.1) is 0 Å². The number of aromatic nitrogens is 1. The number of pyridine rings is 1. The van der Waals surface area contributed by atoms with E-state index in [1.54, 1.807) is 0 Å². The van der Waals surface area contributed by atoms with E-state index < -0.39 is 0 Å². The Morgan fingerprint density at radius 1 is 1.38 bits per heavy atom. The quantitative estimate of drug-likeness (QED) is 0.766. The lowest BCUT2D eigenvalue weighted by Crippen LogP contribution is -2.28.